The average molecular weight is 372 g/mol. The normalized spacial score (nSPS) is 20.7. The van der Waals surface area contributed by atoms with E-state index in [4.69, 9.17) is 4.98 Å². The minimum atomic E-state index is 0. The lowest BCUT2D eigenvalue weighted by Gasteiger charge is -2.34. The predicted octanol–water partition coefficient (Wildman–Crippen LogP) is 3.57. The Bertz CT molecular complexity index is 541. The second-order valence-electron chi connectivity index (χ2n) is 7.94. The summed E-state index contributed by atoms with van der Waals surface area (Å²) in [6.45, 7) is 10.4. The maximum Gasteiger partial charge on any atom is 0.225 e. The molecule has 2 fully saturated rings. The van der Waals surface area contributed by atoms with Gasteiger partial charge in [0.2, 0.25) is 5.91 Å². The second-order valence-corrected chi connectivity index (χ2v) is 8.83. The molecular formula is C18H30ClN3OS. The van der Waals surface area contributed by atoms with Crippen LogP contribution in [-0.2, 0) is 10.2 Å². The van der Waals surface area contributed by atoms with Gasteiger partial charge in [0.1, 0.15) is 0 Å². The van der Waals surface area contributed by atoms with E-state index in [0.29, 0.717) is 11.8 Å². The molecule has 2 aliphatic rings. The average Bonchev–Trinajstić information content (AvgIpc) is 3.05. The van der Waals surface area contributed by atoms with E-state index < -0.39 is 0 Å². The van der Waals surface area contributed by atoms with Crippen molar-refractivity contribution in [1.82, 2.24) is 15.2 Å². The Balaban J connectivity index is 0.00000208. The minimum absolute atomic E-state index is 0. The SMILES string of the molecule is CC(C)(C)c1csc(C2CCN(C(=O)C3CCNCC3)CC2)n1.Cl. The topological polar surface area (TPSA) is 45.2 Å². The number of rotatable bonds is 2. The number of halogens is 1. The molecule has 0 spiro atoms. The molecule has 0 unspecified atom stereocenters. The number of hydrogen-bond donors (Lipinski definition) is 1. The first kappa shape index (κ1) is 19.7. The summed E-state index contributed by atoms with van der Waals surface area (Å²) in [4.78, 5) is 19.6. The minimum Gasteiger partial charge on any atom is -0.342 e. The number of nitrogens with zero attached hydrogens (tertiary/aromatic N) is 2. The molecule has 24 heavy (non-hydrogen) atoms. The maximum atomic E-state index is 12.6. The van der Waals surface area contributed by atoms with Crippen LogP contribution in [0.15, 0.2) is 5.38 Å². The lowest BCUT2D eigenvalue weighted by Crippen LogP contribution is -2.44. The molecule has 1 amide bonds. The van der Waals surface area contributed by atoms with Crippen molar-refractivity contribution >= 4 is 29.7 Å². The van der Waals surface area contributed by atoms with Crippen LogP contribution >= 0.6 is 23.7 Å². The van der Waals surface area contributed by atoms with Crippen LogP contribution in [0.25, 0.3) is 0 Å². The molecule has 0 atom stereocenters. The quantitative estimate of drug-likeness (QED) is 0.864. The first-order chi connectivity index (χ1) is 10.9. The van der Waals surface area contributed by atoms with Crippen LogP contribution in [0.2, 0.25) is 0 Å². The summed E-state index contributed by atoms with van der Waals surface area (Å²) in [5.74, 6) is 1.17. The van der Waals surface area contributed by atoms with Crippen LogP contribution in [0, 0.1) is 5.92 Å². The van der Waals surface area contributed by atoms with Crippen LogP contribution in [0.1, 0.15) is 63.1 Å². The van der Waals surface area contributed by atoms with Gasteiger partial charge in [-0.05, 0) is 38.8 Å². The molecule has 0 bridgehead atoms. The van der Waals surface area contributed by atoms with Crippen molar-refractivity contribution in [2.24, 2.45) is 5.92 Å². The highest BCUT2D eigenvalue weighted by molar-refractivity contribution is 7.09. The molecule has 6 heteroatoms. The molecule has 4 nitrogen and oxygen atoms in total. The highest BCUT2D eigenvalue weighted by Gasteiger charge is 2.30. The molecule has 2 aliphatic heterocycles. The largest absolute Gasteiger partial charge is 0.342 e. The standard InChI is InChI=1S/C18H29N3OS.ClH/c1-18(2,3)15-12-23-16(20-15)13-6-10-21(11-7-13)17(22)14-4-8-19-9-5-14;/h12-14,19H,4-11H2,1-3H3;1H. The third-order valence-corrected chi connectivity index (χ3v) is 6.14. The van der Waals surface area contributed by atoms with Crippen LogP contribution < -0.4 is 5.32 Å². The van der Waals surface area contributed by atoms with Crippen molar-refractivity contribution in [3.05, 3.63) is 16.1 Å². The maximum absolute atomic E-state index is 12.6. The summed E-state index contributed by atoms with van der Waals surface area (Å²) in [6, 6.07) is 0. The molecule has 0 aromatic carbocycles. The third-order valence-electron chi connectivity index (χ3n) is 5.13. The van der Waals surface area contributed by atoms with Gasteiger partial charge < -0.3 is 10.2 Å². The molecule has 0 saturated carbocycles. The van der Waals surface area contributed by atoms with Crippen molar-refractivity contribution in [2.75, 3.05) is 26.2 Å². The summed E-state index contributed by atoms with van der Waals surface area (Å²) in [5, 5.41) is 6.82. The summed E-state index contributed by atoms with van der Waals surface area (Å²) in [7, 11) is 0. The number of nitrogens with one attached hydrogen (secondary N) is 1. The molecule has 1 N–H and O–H groups in total. The molecule has 0 aliphatic carbocycles. The van der Waals surface area contributed by atoms with Gasteiger partial charge >= 0.3 is 0 Å². The highest BCUT2D eigenvalue weighted by Crippen LogP contribution is 2.33. The fourth-order valence-electron chi connectivity index (χ4n) is 3.49. The molecule has 0 radical (unpaired) electrons. The van der Waals surface area contributed by atoms with E-state index in [-0.39, 0.29) is 23.7 Å². The Morgan fingerprint density at radius 2 is 1.83 bits per heavy atom. The van der Waals surface area contributed by atoms with Gasteiger partial charge in [-0.3, -0.25) is 4.79 Å². The Labute approximate surface area is 155 Å². The van der Waals surface area contributed by atoms with Gasteiger partial charge in [-0.25, -0.2) is 4.98 Å². The zero-order valence-electron chi connectivity index (χ0n) is 15.0. The first-order valence-corrected chi connectivity index (χ1v) is 9.78. The van der Waals surface area contributed by atoms with Gasteiger partial charge in [0.15, 0.2) is 0 Å². The number of aromatic nitrogens is 1. The van der Waals surface area contributed by atoms with E-state index in [9.17, 15) is 4.79 Å². The van der Waals surface area contributed by atoms with Gasteiger partial charge in [-0.15, -0.1) is 23.7 Å². The number of carbonyl (C=O) groups is 1. The number of hydrogen-bond acceptors (Lipinski definition) is 4. The lowest BCUT2D eigenvalue weighted by atomic mass is 9.92. The lowest BCUT2D eigenvalue weighted by molar-refractivity contribution is -0.137. The predicted molar refractivity (Wildman–Crippen MR) is 102 cm³/mol. The molecular weight excluding hydrogens is 342 g/mol. The van der Waals surface area contributed by atoms with E-state index in [1.54, 1.807) is 11.3 Å². The number of amides is 1. The van der Waals surface area contributed by atoms with E-state index in [1.165, 1.54) is 10.7 Å². The van der Waals surface area contributed by atoms with E-state index in [2.05, 4.69) is 36.4 Å². The monoisotopic (exact) mass is 371 g/mol. The van der Waals surface area contributed by atoms with Gasteiger partial charge in [0.25, 0.3) is 0 Å². The van der Waals surface area contributed by atoms with Crippen molar-refractivity contribution in [1.29, 1.82) is 0 Å². The first-order valence-electron chi connectivity index (χ1n) is 8.90. The number of likely N-dealkylation sites (tertiary alicyclic amines) is 1. The molecule has 3 rings (SSSR count). The van der Waals surface area contributed by atoms with Gasteiger partial charge in [-0.1, -0.05) is 20.8 Å². The van der Waals surface area contributed by atoms with Crippen molar-refractivity contribution in [2.45, 2.75) is 57.8 Å². The highest BCUT2D eigenvalue weighted by atomic mass is 35.5. The van der Waals surface area contributed by atoms with Crippen molar-refractivity contribution in [3.8, 4) is 0 Å². The summed E-state index contributed by atoms with van der Waals surface area (Å²) in [5.41, 5.74) is 1.33. The number of carbonyl (C=O) groups excluding carboxylic acids is 1. The van der Waals surface area contributed by atoms with Gasteiger partial charge in [0.05, 0.1) is 10.7 Å². The Morgan fingerprint density at radius 3 is 2.38 bits per heavy atom. The van der Waals surface area contributed by atoms with Crippen molar-refractivity contribution in [3.63, 3.8) is 0 Å². The Morgan fingerprint density at radius 1 is 1.21 bits per heavy atom. The van der Waals surface area contributed by atoms with Crippen LogP contribution in [0.3, 0.4) is 0 Å². The zero-order chi connectivity index (χ0) is 16.4. The van der Waals surface area contributed by atoms with Crippen molar-refractivity contribution < 1.29 is 4.79 Å². The fraction of sp³-hybridized carbons (Fsp3) is 0.778. The zero-order valence-corrected chi connectivity index (χ0v) is 16.6. The summed E-state index contributed by atoms with van der Waals surface area (Å²) in [6.07, 6.45) is 4.13. The smallest absolute Gasteiger partial charge is 0.225 e. The molecule has 3 heterocycles. The second kappa shape index (κ2) is 8.15. The Hall–Kier alpha value is -0.650. The van der Waals surface area contributed by atoms with E-state index in [0.717, 1.165) is 51.9 Å². The van der Waals surface area contributed by atoms with Crippen LogP contribution in [-0.4, -0.2) is 42.0 Å². The van der Waals surface area contributed by atoms with E-state index >= 15 is 0 Å². The fourth-order valence-corrected chi connectivity index (χ4v) is 4.71. The van der Waals surface area contributed by atoms with Gasteiger partial charge in [-0.2, -0.15) is 0 Å². The number of piperidine rings is 2. The van der Waals surface area contributed by atoms with Crippen LogP contribution in [0.5, 0.6) is 0 Å². The van der Waals surface area contributed by atoms with Crippen LogP contribution in [0.4, 0.5) is 0 Å². The molecule has 2 saturated heterocycles. The third kappa shape index (κ3) is 4.50. The summed E-state index contributed by atoms with van der Waals surface area (Å²) < 4.78 is 0. The van der Waals surface area contributed by atoms with Gasteiger partial charge in [0, 0.05) is 35.7 Å². The summed E-state index contributed by atoms with van der Waals surface area (Å²) >= 11 is 1.80. The van der Waals surface area contributed by atoms with E-state index in [1.807, 2.05) is 0 Å². The molecule has 1 aromatic heterocycles. The molecule has 1 aromatic rings. The number of thiazole rings is 1. The Kier molecular flexibility index (Phi) is 6.68. The molecule has 136 valence electrons.